The Morgan fingerprint density at radius 1 is 1.26 bits per heavy atom. The predicted molar refractivity (Wildman–Crippen MR) is 76.7 cm³/mol. The zero-order valence-electron chi connectivity index (χ0n) is 10.3. The predicted octanol–water partition coefficient (Wildman–Crippen LogP) is 3.19. The molecular weight excluding hydrogens is 264 g/mol. The van der Waals surface area contributed by atoms with Crippen molar-refractivity contribution in [3.63, 3.8) is 0 Å². The number of hydrogen-bond acceptors (Lipinski definition) is 3. The third-order valence-corrected chi connectivity index (χ3v) is 2.90. The van der Waals surface area contributed by atoms with Gasteiger partial charge < -0.3 is 16.2 Å². The maximum absolute atomic E-state index is 12.0. The second-order valence-corrected chi connectivity index (χ2v) is 4.64. The summed E-state index contributed by atoms with van der Waals surface area (Å²) in [6.45, 7) is 1.90. The lowest BCUT2D eigenvalue weighted by molar-refractivity contribution is 0.102. The Labute approximate surface area is 115 Å². The van der Waals surface area contributed by atoms with E-state index >= 15 is 0 Å². The first-order chi connectivity index (χ1) is 8.97. The van der Waals surface area contributed by atoms with Crippen LogP contribution in [-0.2, 0) is 0 Å². The number of nitrogen functional groups attached to an aromatic ring is 1. The molecule has 0 radical (unpaired) electrons. The minimum atomic E-state index is -0.438. The molecule has 0 atom stereocenters. The first-order valence-electron chi connectivity index (χ1n) is 5.63. The maximum Gasteiger partial charge on any atom is 0.259 e. The summed E-state index contributed by atoms with van der Waals surface area (Å²) in [6, 6.07) is 9.64. The highest BCUT2D eigenvalue weighted by atomic mass is 35.5. The molecule has 2 aromatic rings. The molecule has 0 aliphatic rings. The van der Waals surface area contributed by atoms with Crippen molar-refractivity contribution in [2.75, 3.05) is 11.1 Å². The smallest absolute Gasteiger partial charge is 0.259 e. The molecule has 0 spiro atoms. The lowest BCUT2D eigenvalue weighted by Gasteiger charge is -2.10. The van der Waals surface area contributed by atoms with Crippen molar-refractivity contribution in [2.45, 2.75) is 6.92 Å². The molecule has 5 heteroatoms. The number of aromatic hydroxyl groups is 1. The number of carbonyl (C=O) groups is 1. The van der Waals surface area contributed by atoms with E-state index in [-0.39, 0.29) is 11.3 Å². The summed E-state index contributed by atoms with van der Waals surface area (Å²) in [4.78, 5) is 12.0. The van der Waals surface area contributed by atoms with Gasteiger partial charge in [0.25, 0.3) is 5.91 Å². The third-order valence-electron chi connectivity index (χ3n) is 2.66. The minimum absolute atomic E-state index is 0.144. The first-order valence-corrected chi connectivity index (χ1v) is 6.01. The van der Waals surface area contributed by atoms with E-state index in [1.165, 1.54) is 18.2 Å². The van der Waals surface area contributed by atoms with Crippen LogP contribution in [0.4, 0.5) is 11.4 Å². The molecule has 1 amide bonds. The van der Waals surface area contributed by atoms with Gasteiger partial charge in [-0.2, -0.15) is 0 Å². The van der Waals surface area contributed by atoms with Crippen LogP contribution in [0, 0.1) is 6.92 Å². The molecule has 0 aliphatic heterocycles. The summed E-state index contributed by atoms with van der Waals surface area (Å²) in [5, 5.41) is 12.7. The van der Waals surface area contributed by atoms with E-state index in [0.717, 1.165) is 5.56 Å². The second-order valence-electron chi connectivity index (χ2n) is 4.21. The SMILES string of the molecule is Cc1ccc(N)c(NC(=O)c2ccc(Cl)cc2O)c1. The van der Waals surface area contributed by atoms with Crippen molar-refractivity contribution in [2.24, 2.45) is 0 Å². The maximum atomic E-state index is 12.0. The molecule has 0 heterocycles. The van der Waals surface area contributed by atoms with Crippen molar-refractivity contribution < 1.29 is 9.90 Å². The number of phenols is 1. The number of carbonyl (C=O) groups excluding carboxylic acids is 1. The fraction of sp³-hybridized carbons (Fsp3) is 0.0714. The van der Waals surface area contributed by atoms with Crippen molar-refractivity contribution in [3.05, 3.63) is 52.5 Å². The van der Waals surface area contributed by atoms with E-state index < -0.39 is 5.91 Å². The van der Waals surface area contributed by atoms with E-state index in [4.69, 9.17) is 17.3 Å². The fourth-order valence-electron chi connectivity index (χ4n) is 1.66. The van der Waals surface area contributed by atoms with E-state index in [1.54, 1.807) is 12.1 Å². The van der Waals surface area contributed by atoms with Gasteiger partial charge in [0, 0.05) is 5.02 Å². The molecule has 0 bridgehead atoms. The summed E-state index contributed by atoms with van der Waals surface area (Å²) in [5.74, 6) is -0.609. The van der Waals surface area contributed by atoms with Crippen LogP contribution in [0.25, 0.3) is 0 Å². The Morgan fingerprint density at radius 2 is 2.00 bits per heavy atom. The van der Waals surface area contributed by atoms with Gasteiger partial charge in [0.1, 0.15) is 5.75 Å². The van der Waals surface area contributed by atoms with Crippen LogP contribution in [0.1, 0.15) is 15.9 Å². The van der Waals surface area contributed by atoms with Gasteiger partial charge in [-0.15, -0.1) is 0 Å². The van der Waals surface area contributed by atoms with Crippen LogP contribution in [0.15, 0.2) is 36.4 Å². The molecule has 0 fully saturated rings. The van der Waals surface area contributed by atoms with Gasteiger partial charge in [0.2, 0.25) is 0 Å². The summed E-state index contributed by atoms with van der Waals surface area (Å²) >= 11 is 5.72. The van der Waals surface area contributed by atoms with E-state index in [9.17, 15) is 9.90 Å². The number of benzene rings is 2. The number of amides is 1. The van der Waals surface area contributed by atoms with Crippen molar-refractivity contribution in [1.29, 1.82) is 0 Å². The lowest BCUT2D eigenvalue weighted by atomic mass is 10.1. The Morgan fingerprint density at radius 3 is 2.68 bits per heavy atom. The fourth-order valence-corrected chi connectivity index (χ4v) is 1.83. The Bertz CT molecular complexity index is 641. The Hall–Kier alpha value is -2.20. The number of aryl methyl sites for hydroxylation is 1. The van der Waals surface area contributed by atoms with Crippen LogP contribution in [0.5, 0.6) is 5.75 Å². The number of nitrogens with one attached hydrogen (secondary N) is 1. The van der Waals surface area contributed by atoms with Gasteiger partial charge in [-0.1, -0.05) is 17.7 Å². The van der Waals surface area contributed by atoms with E-state index in [0.29, 0.717) is 16.4 Å². The van der Waals surface area contributed by atoms with Gasteiger partial charge in [-0.25, -0.2) is 0 Å². The molecule has 19 heavy (non-hydrogen) atoms. The summed E-state index contributed by atoms with van der Waals surface area (Å²) in [7, 11) is 0. The average Bonchev–Trinajstić information content (AvgIpc) is 2.33. The highest BCUT2D eigenvalue weighted by molar-refractivity contribution is 6.31. The number of nitrogens with two attached hydrogens (primary N) is 1. The molecule has 0 aromatic heterocycles. The molecule has 4 N–H and O–H groups in total. The third kappa shape index (κ3) is 2.98. The molecular formula is C14H13ClN2O2. The quantitative estimate of drug-likeness (QED) is 0.737. The zero-order valence-corrected chi connectivity index (χ0v) is 11.0. The summed E-state index contributed by atoms with van der Waals surface area (Å²) in [5.41, 5.74) is 7.88. The summed E-state index contributed by atoms with van der Waals surface area (Å²) < 4.78 is 0. The number of hydrogen-bond donors (Lipinski definition) is 3. The topological polar surface area (TPSA) is 75.3 Å². The zero-order chi connectivity index (χ0) is 14.0. The van der Waals surface area contributed by atoms with Gasteiger partial charge >= 0.3 is 0 Å². The van der Waals surface area contributed by atoms with Gasteiger partial charge in [0.15, 0.2) is 0 Å². The highest BCUT2D eigenvalue weighted by Gasteiger charge is 2.12. The Kier molecular flexibility index (Phi) is 3.62. The van der Waals surface area contributed by atoms with Gasteiger partial charge in [-0.05, 0) is 42.8 Å². The molecule has 2 aromatic carbocycles. The molecule has 0 aliphatic carbocycles. The van der Waals surface area contributed by atoms with Gasteiger partial charge in [0.05, 0.1) is 16.9 Å². The number of rotatable bonds is 2. The van der Waals surface area contributed by atoms with E-state index in [2.05, 4.69) is 5.32 Å². The number of phenolic OH excluding ortho intramolecular Hbond substituents is 1. The van der Waals surface area contributed by atoms with E-state index in [1.807, 2.05) is 13.0 Å². The standard InChI is InChI=1S/C14H13ClN2O2/c1-8-2-5-11(16)12(6-8)17-14(19)10-4-3-9(15)7-13(10)18/h2-7,18H,16H2,1H3,(H,17,19). The molecule has 0 saturated carbocycles. The molecule has 98 valence electrons. The molecule has 0 unspecified atom stereocenters. The van der Waals surface area contributed by atoms with Crippen molar-refractivity contribution in [3.8, 4) is 5.75 Å². The van der Waals surface area contributed by atoms with Gasteiger partial charge in [-0.3, -0.25) is 4.79 Å². The second kappa shape index (κ2) is 5.20. The van der Waals surface area contributed by atoms with Crippen LogP contribution >= 0.6 is 11.6 Å². The largest absolute Gasteiger partial charge is 0.507 e. The van der Waals surface area contributed by atoms with Crippen LogP contribution in [-0.4, -0.2) is 11.0 Å². The molecule has 2 rings (SSSR count). The number of halogens is 1. The van der Waals surface area contributed by atoms with Crippen molar-refractivity contribution in [1.82, 2.24) is 0 Å². The van der Waals surface area contributed by atoms with Crippen LogP contribution in [0.2, 0.25) is 5.02 Å². The molecule has 4 nitrogen and oxygen atoms in total. The minimum Gasteiger partial charge on any atom is -0.507 e. The average molecular weight is 277 g/mol. The number of anilines is 2. The molecule has 0 saturated heterocycles. The highest BCUT2D eigenvalue weighted by Crippen LogP contribution is 2.25. The normalized spacial score (nSPS) is 10.2. The monoisotopic (exact) mass is 276 g/mol. The van der Waals surface area contributed by atoms with Crippen LogP contribution < -0.4 is 11.1 Å². The Balaban J connectivity index is 2.28. The first kappa shape index (κ1) is 13.2. The van der Waals surface area contributed by atoms with Crippen LogP contribution in [0.3, 0.4) is 0 Å². The lowest BCUT2D eigenvalue weighted by Crippen LogP contribution is -2.13. The van der Waals surface area contributed by atoms with Crippen molar-refractivity contribution >= 4 is 28.9 Å². The summed E-state index contributed by atoms with van der Waals surface area (Å²) in [6.07, 6.45) is 0.